The van der Waals surface area contributed by atoms with E-state index in [1.54, 1.807) is 27.7 Å². The molecule has 0 heterocycles. The molecule has 1 fully saturated rings. The molecule has 7 heteroatoms. The van der Waals surface area contributed by atoms with Crippen LogP contribution < -0.4 is 0 Å². The molecule has 0 aromatic carbocycles. The average molecular weight is 402 g/mol. The number of hydrogen-bond acceptors (Lipinski definition) is 7. The molecule has 0 amide bonds. The van der Waals surface area contributed by atoms with Crippen LogP contribution in [0.3, 0.4) is 0 Å². The van der Waals surface area contributed by atoms with Crippen molar-refractivity contribution in [3.05, 3.63) is 22.3 Å². The minimum absolute atomic E-state index is 0.0285. The Kier molecular flexibility index (Phi) is 4.14. The lowest BCUT2D eigenvalue weighted by molar-refractivity contribution is -0.163. The molecule has 7 nitrogen and oxygen atoms in total. The topological polar surface area (TPSA) is 118 Å². The fourth-order valence-electron chi connectivity index (χ4n) is 6.04. The lowest BCUT2D eigenvalue weighted by atomic mass is 9.51. The molecule has 0 aromatic rings. The van der Waals surface area contributed by atoms with E-state index >= 15 is 0 Å². The summed E-state index contributed by atoms with van der Waals surface area (Å²) in [5, 5.41) is 21.9. The first kappa shape index (κ1) is 20.2. The molecule has 1 spiro atoms. The van der Waals surface area contributed by atoms with Crippen LogP contribution in [-0.4, -0.2) is 51.8 Å². The van der Waals surface area contributed by atoms with Crippen LogP contribution in [0.25, 0.3) is 0 Å². The first-order valence-corrected chi connectivity index (χ1v) is 9.97. The van der Waals surface area contributed by atoms with Crippen molar-refractivity contribution in [3.63, 3.8) is 0 Å². The van der Waals surface area contributed by atoms with E-state index in [0.717, 1.165) is 0 Å². The molecule has 0 aliphatic heterocycles. The van der Waals surface area contributed by atoms with E-state index in [2.05, 4.69) is 0 Å². The summed E-state index contributed by atoms with van der Waals surface area (Å²) >= 11 is 0. The standard InChI is InChI=1S/C22H26O7/c1-8-6-22(8)19(27)13-15(17(26)20(22)28)21(5)7-12(24)9(2)10(3)14(21)18(16(13)25)29-11(4)23/h8,14,16,18,20,25,28H,6-7H2,1-5H3/t8-,14+,16-,18-,20-,21-,22+/m0/s1. The van der Waals surface area contributed by atoms with Crippen molar-refractivity contribution >= 4 is 23.3 Å². The summed E-state index contributed by atoms with van der Waals surface area (Å²) < 4.78 is 5.47. The van der Waals surface area contributed by atoms with E-state index in [0.29, 0.717) is 17.6 Å². The van der Waals surface area contributed by atoms with E-state index in [9.17, 15) is 29.4 Å². The van der Waals surface area contributed by atoms with Gasteiger partial charge >= 0.3 is 5.97 Å². The summed E-state index contributed by atoms with van der Waals surface area (Å²) in [6.07, 6.45) is -3.76. The quantitative estimate of drug-likeness (QED) is 0.630. The van der Waals surface area contributed by atoms with Gasteiger partial charge in [-0.15, -0.1) is 0 Å². The zero-order chi connectivity index (χ0) is 21.6. The molecule has 0 saturated heterocycles. The molecule has 4 aliphatic carbocycles. The Balaban J connectivity index is 2.00. The maximum atomic E-state index is 13.4. The summed E-state index contributed by atoms with van der Waals surface area (Å²) in [6, 6.07) is 0. The van der Waals surface area contributed by atoms with Crippen LogP contribution in [0.2, 0.25) is 0 Å². The van der Waals surface area contributed by atoms with Crippen LogP contribution in [-0.2, 0) is 23.9 Å². The van der Waals surface area contributed by atoms with Crippen LogP contribution in [0.1, 0.15) is 47.5 Å². The van der Waals surface area contributed by atoms with Gasteiger partial charge in [0.1, 0.15) is 18.3 Å². The summed E-state index contributed by atoms with van der Waals surface area (Å²) in [5.74, 6) is -2.69. The highest BCUT2D eigenvalue weighted by molar-refractivity contribution is 6.20. The number of Topliss-reactive ketones (excluding diaryl/α,β-unsaturated/α-hetero) is 3. The van der Waals surface area contributed by atoms with E-state index in [4.69, 9.17) is 4.74 Å². The van der Waals surface area contributed by atoms with Crippen molar-refractivity contribution in [3.8, 4) is 0 Å². The molecular weight excluding hydrogens is 376 g/mol. The predicted molar refractivity (Wildman–Crippen MR) is 100 cm³/mol. The molecule has 0 unspecified atom stereocenters. The van der Waals surface area contributed by atoms with Crippen molar-refractivity contribution in [2.45, 2.75) is 65.8 Å². The number of aliphatic hydroxyl groups excluding tert-OH is 2. The third kappa shape index (κ3) is 2.31. The number of esters is 1. The van der Waals surface area contributed by atoms with Crippen molar-refractivity contribution in [2.24, 2.45) is 22.7 Å². The van der Waals surface area contributed by atoms with Crippen molar-refractivity contribution < 1.29 is 34.1 Å². The van der Waals surface area contributed by atoms with Crippen molar-refractivity contribution in [1.29, 1.82) is 0 Å². The van der Waals surface area contributed by atoms with Crippen molar-refractivity contribution in [2.75, 3.05) is 0 Å². The first-order chi connectivity index (χ1) is 13.4. The Hall–Kier alpha value is -2.12. The zero-order valence-corrected chi connectivity index (χ0v) is 17.2. The van der Waals surface area contributed by atoms with Crippen LogP contribution >= 0.6 is 0 Å². The summed E-state index contributed by atoms with van der Waals surface area (Å²) in [5.41, 5.74) is -1.31. The number of hydrogen-bond donors (Lipinski definition) is 2. The van der Waals surface area contributed by atoms with Gasteiger partial charge < -0.3 is 14.9 Å². The number of ketones is 3. The number of carbonyl (C=O) groups is 4. The Morgan fingerprint density at radius 2 is 1.76 bits per heavy atom. The molecule has 0 aromatic heterocycles. The lowest BCUT2D eigenvalue weighted by Crippen LogP contribution is -2.61. The minimum Gasteiger partial charge on any atom is -0.459 e. The summed E-state index contributed by atoms with van der Waals surface area (Å²) in [4.78, 5) is 51.3. The molecule has 1 saturated carbocycles. The number of allylic oxidation sites excluding steroid dienone is 1. The largest absolute Gasteiger partial charge is 0.459 e. The Morgan fingerprint density at radius 1 is 1.17 bits per heavy atom. The molecule has 156 valence electrons. The van der Waals surface area contributed by atoms with Gasteiger partial charge in [0.25, 0.3) is 0 Å². The van der Waals surface area contributed by atoms with E-state index in [-0.39, 0.29) is 29.3 Å². The highest BCUT2D eigenvalue weighted by Crippen LogP contribution is 2.64. The van der Waals surface area contributed by atoms with Crippen LogP contribution in [0.15, 0.2) is 22.3 Å². The van der Waals surface area contributed by atoms with Crippen LogP contribution in [0.5, 0.6) is 0 Å². The lowest BCUT2D eigenvalue weighted by Gasteiger charge is -2.53. The third-order valence-electron chi connectivity index (χ3n) is 7.78. The number of ether oxygens (including phenoxy) is 1. The molecule has 7 atom stereocenters. The number of fused-ring (bicyclic) bond motifs is 2. The van der Waals surface area contributed by atoms with Gasteiger partial charge in [0, 0.05) is 35.8 Å². The fourth-order valence-corrected chi connectivity index (χ4v) is 6.04. The molecular formula is C22H26O7. The number of carbonyl (C=O) groups excluding carboxylic acids is 4. The normalized spacial score (nSPS) is 44.1. The summed E-state index contributed by atoms with van der Waals surface area (Å²) in [6.45, 7) is 8.08. The maximum absolute atomic E-state index is 13.4. The first-order valence-electron chi connectivity index (χ1n) is 9.97. The van der Waals surface area contributed by atoms with Gasteiger partial charge in [-0.2, -0.15) is 0 Å². The average Bonchev–Trinajstić information content (AvgIpc) is 3.30. The van der Waals surface area contributed by atoms with Gasteiger partial charge in [-0.25, -0.2) is 0 Å². The molecule has 0 radical (unpaired) electrons. The second-order valence-electron chi connectivity index (χ2n) is 9.35. The Bertz CT molecular complexity index is 941. The minimum atomic E-state index is -1.49. The van der Waals surface area contributed by atoms with Gasteiger partial charge in [0.05, 0.1) is 5.41 Å². The maximum Gasteiger partial charge on any atom is 0.303 e. The number of aliphatic hydroxyl groups is 2. The SMILES string of the molecule is CC(=O)O[C@H]1[C@H]2C(C)=C(C)C(=O)C[C@]2(C)C2=C(C(=O)[C@]3(C[C@@H]3C)[C@@H](O)C2=O)[C@@H]1O. The second kappa shape index (κ2) is 5.95. The van der Waals surface area contributed by atoms with E-state index in [1.807, 2.05) is 0 Å². The highest BCUT2D eigenvalue weighted by atomic mass is 16.6. The van der Waals surface area contributed by atoms with E-state index < -0.39 is 52.6 Å². The Labute approximate surface area is 168 Å². The second-order valence-corrected chi connectivity index (χ2v) is 9.35. The smallest absolute Gasteiger partial charge is 0.303 e. The number of rotatable bonds is 1. The molecule has 2 N–H and O–H groups in total. The molecule has 29 heavy (non-hydrogen) atoms. The predicted octanol–water partition coefficient (Wildman–Crippen LogP) is 1.06. The highest BCUT2D eigenvalue weighted by Gasteiger charge is 2.71. The summed E-state index contributed by atoms with van der Waals surface area (Å²) in [7, 11) is 0. The third-order valence-corrected chi connectivity index (χ3v) is 7.78. The molecule has 4 rings (SSSR count). The van der Waals surface area contributed by atoms with Gasteiger partial charge in [-0.1, -0.05) is 19.4 Å². The molecule has 4 aliphatic rings. The fraction of sp³-hybridized carbons (Fsp3) is 0.636. The van der Waals surface area contributed by atoms with Gasteiger partial charge in [-0.3, -0.25) is 19.2 Å². The van der Waals surface area contributed by atoms with Crippen LogP contribution in [0.4, 0.5) is 0 Å². The van der Waals surface area contributed by atoms with Crippen molar-refractivity contribution in [1.82, 2.24) is 0 Å². The monoisotopic (exact) mass is 402 g/mol. The Morgan fingerprint density at radius 3 is 2.28 bits per heavy atom. The molecule has 0 bridgehead atoms. The van der Waals surface area contributed by atoms with Gasteiger partial charge in [-0.05, 0) is 31.8 Å². The van der Waals surface area contributed by atoms with E-state index in [1.165, 1.54) is 6.92 Å². The van der Waals surface area contributed by atoms with Crippen LogP contribution in [0, 0.1) is 22.7 Å². The van der Waals surface area contributed by atoms with Gasteiger partial charge in [0.15, 0.2) is 17.3 Å². The zero-order valence-electron chi connectivity index (χ0n) is 17.2. The van der Waals surface area contributed by atoms with Gasteiger partial charge in [0.2, 0.25) is 0 Å².